The maximum Gasteiger partial charge on any atom is 0.267 e. The number of benzene rings is 2. The summed E-state index contributed by atoms with van der Waals surface area (Å²) in [5.74, 6) is 0.239. The Balaban J connectivity index is 1.44. The minimum Gasteiger partial charge on any atom is -0.321 e. The molecule has 0 unspecified atom stereocenters. The minimum atomic E-state index is -3.71. The molecule has 0 atom stereocenters. The van der Waals surface area contributed by atoms with Gasteiger partial charge in [-0.25, -0.2) is 13.4 Å². The van der Waals surface area contributed by atoms with Gasteiger partial charge in [0.1, 0.15) is 15.7 Å². The highest BCUT2D eigenvalue weighted by molar-refractivity contribution is 7.90. The van der Waals surface area contributed by atoms with Crippen LogP contribution in [0.2, 0.25) is 0 Å². The predicted octanol–water partition coefficient (Wildman–Crippen LogP) is 5.18. The molecule has 0 aliphatic carbocycles. The Kier molecular flexibility index (Phi) is 7.43. The van der Waals surface area contributed by atoms with Gasteiger partial charge in [0, 0.05) is 24.2 Å². The number of amidine groups is 1. The molecule has 0 radical (unpaired) electrons. The fourth-order valence-corrected chi connectivity index (χ4v) is 5.75. The van der Waals surface area contributed by atoms with Gasteiger partial charge in [0.15, 0.2) is 0 Å². The van der Waals surface area contributed by atoms with Crippen LogP contribution in [0.4, 0.5) is 5.69 Å². The first-order valence-electron chi connectivity index (χ1n) is 11.4. The van der Waals surface area contributed by atoms with Gasteiger partial charge in [-0.15, -0.1) is 11.3 Å². The van der Waals surface area contributed by atoms with Gasteiger partial charge in [0.05, 0.1) is 10.6 Å². The van der Waals surface area contributed by atoms with Crippen LogP contribution in [0.3, 0.4) is 0 Å². The van der Waals surface area contributed by atoms with Gasteiger partial charge < -0.3 is 5.32 Å². The maximum absolute atomic E-state index is 12.9. The number of carbonyl (C=O) groups excluding carboxylic acids is 1. The quantitative estimate of drug-likeness (QED) is 0.491. The van der Waals surface area contributed by atoms with Crippen LogP contribution in [0.15, 0.2) is 58.4 Å². The van der Waals surface area contributed by atoms with E-state index in [-0.39, 0.29) is 10.8 Å². The molecule has 0 bridgehead atoms. The molecule has 178 valence electrons. The predicted molar refractivity (Wildman–Crippen MR) is 137 cm³/mol. The van der Waals surface area contributed by atoms with E-state index in [0.29, 0.717) is 35.1 Å². The number of hydrogen-bond acceptors (Lipinski definition) is 6. The van der Waals surface area contributed by atoms with Crippen molar-refractivity contribution in [3.05, 3.63) is 64.7 Å². The van der Waals surface area contributed by atoms with Crippen LogP contribution in [0.1, 0.15) is 53.5 Å². The molecule has 3 aromatic rings. The smallest absolute Gasteiger partial charge is 0.267 e. The van der Waals surface area contributed by atoms with Crippen molar-refractivity contribution in [1.29, 1.82) is 0 Å². The largest absolute Gasteiger partial charge is 0.321 e. The molecule has 1 aromatic heterocycles. The lowest BCUT2D eigenvalue weighted by Crippen LogP contribution is -2.30. The third-order valence-electron chi connectivity index (χ3n) is 5.66. The summed E-state index contributed by atoms with van der Waals surface area (Å²) < 4.78 is 28.0. The summed E-state index contributed by atoms with van der Waals surface area (Å²) in [5, 5.41) is 3.63. The van der Waals surface area contributed by atoms with Crippen LogP contribution < -0.4 is 10.0 Å². The molecule has 2 aromatic carbocycles. The first-order chi connectivity index (χ1) is 16.4. The molecule has 2 N–H and O–H groups in total. The number of carbonyl (C=O) groups is 1. The number of nitrogens with one attached hydrogen (secondary N) is 2. The molecule has 1 amide bonds. The van der Waals surface area contributed by atoms with Crippen LogP contribution in [0.25, 0.3) is 10.6 Å². The molecule has 7 nitrogen and oxygen atoms in total. The summed E-state index contributed by atoms with van der Waals surface area (Å²) in [4.78, 5) is 22.4. The zero-order valence-electron chi connectivity index (χ0n) is 19.3. The number of hydrogen-bond donors (Lipinski definition) is 2. The van der Waals surface area contributed by atoms with Crippen LogP contribution >= 0.6 is 11.3 Å². The van der Waals surface area contributed by atoms with Crippen LogP contribution in [0.5, 0.6) is 0 Å². The van der Waals surface area contributed by atoms with Crippen molar-refractivity contribution in [1.82, 2.24) is 9.71 Å². The van der Waals surface area contributed by atoms with E-state index in [1.807, 2.05) is 19.1 Å². The molecule has 0 spiro atoms. The molecule has 1 aliphatic rings. The normalized spacial score (nSPS) is 14.2. The number of thiazole rings is 1. The fourth-order valence-electron chi connectivity index (χ4n) is 3.69. The lowest BCUT2D eigenvalue weighted by molar-refractivity contribution is 0.103. The van der Waals surface area contributed by atoms with Crippen molar-refractivity contribution < 1.29 is 13.2 Å². The second-order valence-electron chi connectivity index (χ2n) is 8.21. The number of aliphatic imine (C=N–C) groups is 1. The van der Waals surface area contributed by atoms with E-state index in [1.54, 1.807) is 12.1 Å². The number of anilines is 1. The molecule has 9 heteroatoms. The van der Waals surface area contributed by atoms with Crippen molar-refractivity contribution >= 4 is 38.8 Å². The summed E-state index contributed by atoms with van der Waals surface area (Å²) in [5.41, 5.74) is 3.39. The Morgan fingerprint density at radius 2 is 1.76 bits per heavy atom. The second-order valence-corrected chi connectivity index (χ2v) is 10.9. The maximum atomic E-state index is 12.9. The Labute approximate surface area is 204 Å². The van der Waals surface area contributed by atoms with Gasteiger partial charge in [-0.2, -0.15) is 0 Å². The van der Waals surface area contributed by atoms with Gasteiger partial charge in [0.25, 0.3) is 15.9 Å². The number of sulfonamides is 1. The van der Waals surface area contributed by atoms with Crippen molar-refractivity contribution in [2.45, 2.75) is 50.8 Å². The number of aryl methyl sites for hydroxylation is 2. The SMILES string of the molecule is CCc1ccc(-c2nc(C)c(C(=O)Nc3ccc(S(=O)(=O)NC4=NCCCCC4)cc3)s2)cc1. The van der Waals surface area contributed by atoms with Gasteiger partial charge in [-0.3, -0.25) is 14.5 Å². The minimum absolute atomic E-state index is 0.129. The Hall–Kier alpha value is -3.04. The van der Waals surface area contributed by atoms with E-state index in [2.05, 4.69) is 39.1 Å². The molecule has 1 aliphatic heterocycles. The molecule has 0 saturated heterocycles. The highest BCUT2D eigenvalue weighted by Crippen LogP contribution is 2.29. The monoisotopic (exact) mass is 496 g/mol. The molecular formula is C25H28N4O3S2. The van der Waals surface area contributed by atoms with Gasteiger partial charge in [-0.05, 0) is 56.0 Å². The third-order valence-corrected chi connectivity index (χ3v) is 8.26. The van der Waals surface area contributed by atoms with E-state index < -0.39 is 10.0 Å². The molecule has 2 heterocycles. The van der Waals surface area contributed by atoms with Crippen LogP contribution in [0, 0.1) is 6.92 Å². The van der Waals surface area contributed by atoms with Crippen LogP contribution in [-0.4, -0.2) is 31.7 Å². The zero-order valence-corrected chi connectivity index (χ0v) is 20.9. The number of aromatic nitrogens is 1. The van der Waals surface area contributed by atoms with Crippen LogP contribution in [-0.2, 0) is 16.4 Å². The topological polar surface area (TPSA) is 101 Å². The van der Waals surface area contributed by atoms with Crippen molar-refractivity contribution in [2.75, 3.05) is 11.9 Å². The molecule has 0 saturated carbocycles. The summed E-state index contributed by atoms with van der Waals surface area (Å²) >= 11 is 1.34. The Bertz CT molecular complexity index is 1290. The summed E-state index contributed by atoms with van der Waals surface area (Å²) in [6, 6.07) is 14.3. The fraction of sp³-hybridized carbons (Fsp3) is 0.320. The molecular weight excluding hydrogens is 468 g/mol. The van der Waals surface area contributed by atoms with E-state index >= 15 is 0 Å². The lowest BCUT2D eigenvalue weighted by atomic mass is 10.1. The molecule has 34 heavy (non-hydrogen) atoms. The Morgan fingerprint density at radius 1 is 1.03 bits per heavy atom. The lowest BCUT2D eigenvalue weighted by Gasteiger charge is -2.10. The second kappa shape index (κ2) is 10.5. The first kappa shape index (κ1) is 24.1. The van der Waals surface area contributed by atoms with Gasteiger partial charge in [0.2, 0.25) is 0 Å². The van der Waals surface area contributed by atoms with Crippen molar-refractivity contribution in [3.8, 4) is 10.6 Å². The average molecular weight is 497 g/mol. The number of rotatable bonds is 6. The Morgan fingerprint density at radius 3 is 2.47 bits per heavy atom. The van der Waals surface area contributed by atoms with E-state index in [4.69, 9.17) is 0 Å². The summed E-state index contributed by atoms with van der Waals surface area (Å²) in [7, 11) is -3.71. The summed E-state index contributed by atoms with van der Waals surface area (Å²) in [6.07, 6.45) is 4.55. The first-order valence-corrected chi connectivity index (χ1v) is 13.7. The highest BCUT2D eigenvalue weighted by Gasteiger charge is 2.19. The van der Waals surface area contributed by atoms with E-state index in [9.17, 15) is 13.2 Å². The molecule has 0 fully saturated rings. The third kappa shape index (κ3) is 5.71. The standard InChI is InChI=1S/C25H28N4O3S2/c1-3-18-8-10-19(11-9-18)25-27-17(2)23(33-25)24(30)28-20-12-14-21(15-13-20)34(31,32)29-22-7-5-4-6-16-26-22/h8-15H,3-7,16H2,1-2H3,(H,26,29)(H,28,30). The number of nitrogens with zero attached hydrogens (tertiary/aromatic N) is 2. The van der Waals surface area contributed by atoms with Crippen molar-refractivity contribution in [2.24, 2.45) is 4.99 Å². The zero-order chi connectivity index (χ0) is 24.1. The molecule has 4 rings (SSSR count). The average Bonchev–Trinajstić information content (AvgIpc) is 3.04. The van der Waals surface area contributed by atoms with E-state index in [0.717, 1.165) is 36.3 Å². The van der Waals surface area contributed by atoms with Gasteiger partial charge in [-0.1, -0.05) is 37.6 Å². The van der Waals surface area contributed by atoms with E-state index in [1.165, 1.54) is 29.0 Å². The van der Waals surface area contributed by atoms with Gasteiger partial charge >= 0.3 is 0 Å². The highest BCUT2D eigenvalue weighted by atomic mass is 32.2. The van der Waals surface area contributed by atoms with Crippen molar-refractivity contribution in [3.63, 3.8) is 0 Å². The summed E-state index contributed by atoms with van der Waals surface area (Å²) in [6.45, 7) is 4.56. The number of amides is 1.